The Balaban J connectivity index is 0.000000668. The maximum absolute atomic E-state index is 10.3. The molecule has 0 spiro atoms. The zero-order chi connectivity index (χ0) is 23.0. The number of hydrogen-bond acceptors (Lipinski definition) is 4. The summed E-state index contributed by atoms with van der Waals surface area (Å²) in [5.41, 5.74) is 2.54. The van der Waals surface area contributed by atoms with E-state index in [9.17, 15) is 5.11 Å². The molecule has 0 saturated heterocycles. The first-order valence-corrected chi connectivity index (χ1v) is 11.3. The van der Waals surface area contributed by atoms with Gasteiger partial charge in [0.25, 0.3) is 0 Å². The summed E-state index contributed by atoms with van der Waals surface area (Å²) in [6.07, 6.45) is 1.61. The van der Waals surface area contributed by atoms with E-state index in [4.69, 9.17) is 19.5 Å². The van der Waals surface area contributed by atoms with E-state index in [1.165, 1.54) is 0 Å². The van der Waals surface area contributed by atoms with Gasteiger partial charge in [-0.05, 0) is 23.1 Å². The highest BCUT2D eigenvalue weighted by Crippen LogP contribution is 2.40. The van der Waals surface area contributed by atoms with Crippen LogP contribution in [0.4, 0.5) is 0 Å². The third kappa shape index (κ3) is 4.98. The lowest BCUT2D eigenvalue weighted by Gasteiger charge is -2.35. The van der Waals surface area contributed by atoms with Gasteiger partial charge in [0, 0.05) is 4.57 Å². The van der Waals surface area contributed by atoms with Gasteiger partial charge in [0.2, 0.25) is 0 Å². The molecule has 32 heavy (non-hydrogen) atoms. The molecule has 8 heteroatoms. The van der Waals surface area contributed by atoms with Crippen molar-refractivity contribution in [3.8, 4) is 0 Å². The summed E-state index contributed by atoms with van der Waals surface area (Å²) >= 11 is 0. The molecule has 0 radical (unpaired) electrons. The normalized spacial score (nSPS) is 11.9. The number of rotatable bonds is 6. The van der Waals surface area contributed by atoms with Crippen molar-refractivity contribution in [2.24, 2.45) is 0 Å². The number of aliphatic hydroxyl groups excluding tert-OH is 1. The first kappa shape index (κ1) is 23.4. The van der Waals surface area contributed by atoms with Gasteiger partial charge in [0.05, 0.1) is 0 Å². The number of hydrogen-bond donors (Lipinski definition) is 3. The van der Waals surface area contributed by atoms with Crippen molar-refractivity contribution in [3.05, 3.63) is 120 Å². The minimum Gasteiger partial charge on any atom is -0.385 e. The molecule has 0 amide bonds. The Morgan fingerprint density at radius 2 is 1.22 bits per heavy atom. The summed E-state index contributed by atoms with van der Waals surface area (Å²) in [6.45, 7) is 1.92. The van der Waals surface area contributed by atoms with E-state index in [1.54, 1.807) is 6.33 Å². The van der Waals surface area contributed by atoms with Crippen LogP contribution < -0.4 is 0 Å². The average Bonchev–Trinajstić information content (AvgIpc) is 3.31. The fourth-order valence-electron chi connectivity index (χ4n) is 3.71. The van der Waals surface area contributed by atoms with E-state index in [0.29, 0.717) is 12.2 Å². The van der Waals surface area contributed by atoms with Crippen molar-refractivity contribution in [2.75, 3.05) is 0 Å². The second-order valence-corrected chi connectivity index (χ2v) is 7.54. The fraction of sp³-hybridized carbons (Fsp3) is 0.167. The molecular formula is C24H25N3O4P+. The Bertz CT molecular complexity index is 1020. The largest absolute Gasteiger partial charge is 0.692 e. The molecule has 0 bridgehead atoms. The third-order valence-electron chi connectivity index (χ3n) is 5.11. The van der Waals surface area contributed by atoms with Crippen LogP contribution in [0, 0.1) is 0 Å². The predicted molar refractivity (Wildman–Crippen MR) is 122 cm³/mol. The fourth-order valence-corrected chi connectivity index (χ4v) is 3.71. The van der Waals surface area contributed by atoms with Gasteiger partial charge >= 0.3 is 8.25 Å². The monoisotopic (exact) mass is 450 g/mol. The van der Waals surface area contributed by atoms with Crippen molar-refractivity contribution in [3.63, 3.8) is 0 Å². The van der Waals surface area contributed by atoms with E-state index in [0.717, 1.165) is 16.7 Å². The molecule has 0 saturated carbocycles. The minimum atomic E-state index is -2.87. The van der Waals surface area contributed by atoms with E-state index < -0.39 is 19.9 Å². The van der Waals surface area contributed by atoms with Gasteiger partial charge in [0.1, 0.15) is 18.0 Å². The Hall–Kier alpha value is -3.22. The number of nitrogens with zero attached hydrogens (tertiary/aromatic N) is 3. The quantitative estimate of drug-likeness (QED) is 0.300. The minimum absolute atomic E-state index is 0.440. The number of aromatic nitrogens is 3. The summed E-state index contributed by atoms with van der Waals surface area (Å²) in [5, 5.41) is 15.0. The molecule has 0 aliphatic rings. The molecule has 3 N–H and O–H groups in total. The molecular weight excluding hydrogens is 425 g/mol. The second-order valence-electron chi connectivity index (χ2n) is 7.03. The molecule has 1 aromatic heterocycles. The lowest BCUT2D eigenvalue weighted by molar-refractivity contribution is 0.162. The maximum Gasteiger partial charge on any atom is 0.692 e. The zero-order valence-corrected chi connectivity index (χ0v) is 18.5. The van der Waals surface area contributed by atoms with Gasteiger partial charge in [-0.1, -0.05) is 97.9 Å². The van der Waals surface area contributed by atoms with Crippen LogP contribution >= 0.6 is 8.25 Å². The van der Waals surface area contributed by atoms with Gasteiger partial charge in [-0.25, -0.2) is 9.67 Å². The van der Waals surface area contributed by atoms with Crippen LogP contribution in [-0.2, 0) is 10.1 Å². The van der Waals surface area contributed by atoms with Crippen molar-refractivity contribution in [2.45, 2.75) is 25.0 Å². The van der Waals surface area contributed by atoms with Crippen molar-refractivity contribution >= 4 is 8.25 Å². The second kappa shape index (κ2) is 10.9. The van der Waals surface area contributed by atoms with Gasteiger partial charge in [-0.3, -0.25) is 0 Å². The van der Waals surface area contributed by atoms with E-state index >= 15 is 0 Å². The molecule has 0 fully saturated rings. The maximum atomic E-state index is 10.3. The van der Waals surface area contributed by atoms with E-state index in [-0.39, 0.29) is 0 Å². The summed E-state index contributed by atoms with van der Waals surface area (Å²) in [6, 6.07) is 30.9. The van der Waals surface area contributed by atoms with Crippen LogP contribution in [0.2, 0.25) is 0 Å². The lowest BCUT2D eigenvalue weighted by atomic mass is 9.77. The Labute approximate surface area is 187 Å². The molecule has 4 rings (SSSR count). The van der Waals surface area contributed by atoms with Gasteiger partial charge in [-0.15, -0.1) is 9.79 Å². The Morgan fingerprint density at radius 3 is 1.56 bits per heavy atom. The van der Waals surface area contributed by atoms with E-state index in [1.807, 2.05) is 66.2 Å². The van der Waals surface area contributed by atoms with Gasteiger partial charge in [-0.2, -0.15) is 5.10 Å². The highest BCUT2D eigenvalue weighted by atomic mass is 31.1. The molecule has 0 aliphatic heterocycles. The van der Waals surface area contributed by atoms with Crippen molar-refractivity contribution in [1.82, 2.24) is 14.8 Å². The summed E-state index contributed by atoms with van der Waals surface area (Å²) in [7, 11) is -2.87. The van der Waals surface area contributed by atoms with Gasteiger partial charge in [0.15, 0.2) is 5.82 Å². The molecule has 4 aromatic rings. The standard InChI is InChI=1S/C24H23N3O.HO3P/c1-2-22(28)23-25-18-27(26-23)24(19-12-6-3-7-13-19,20-14-8-4-9-15-20)21-16-10-5-11-17-21;1-4(2)3/h3-18,22,28H,2H2,1H3;(H-,1,2,3)/p+1. The molecule has 1 unspecified atom stereocenters. The van der Waals surface area contributed by atoms with Crippen LogP contribution in [0.5, 0.6) is 0 Å². The molecule has 7 nitrogen and oxygen atoms in total. The predicted octanol–water partition coefficient (Wildman–Crippen LogP) is 4.19. The van der Waals surface area contributed by atoms with Crippen LogP contribution in [-0.4, -0.2) is 29.7 Å². The molecule has 0 aliphatic carbocycles. The summed E-state index contributed by atoms with van der Waals surface area (Å²) in [4.78, 5) is 18.7. The highest BCUT2D eigenvalue weighted by molar-refractivity contribution is 7.30. The van der Waals surface area contributed by atoms with Crippen LogP contribution in [0.25, 0.3) is 0 Å². The molecule has 164 valence electrons. The first-order chi connectivity index (χ1) is 15.5. The summed E-state index contributed by atoms with van der Waals surface area (Å²) in [5.74, 6) is 0.440. The molecule has 1 atom stereocenters. The van der Waals surface area contributed by atoms with Crippen molar-refractivity contribution < 1.29 is 19.5 Å². The Morgan fingerprint density at radius 1 is 0.844 bits per heavy atom. The summed E-state index contributed by atoms with van der Waals surface area (Å²) < 4.78 is 10.6. The Kier molecular flexibility index (Phi) is 7.98. The smallest absolute Gasteiger partial charge is 0.385 e. The zero-order valence-electron chi connectivity index (χ0n) is 17.6. The van der Waals surface area contributed by atoms with Crippen molar-refractivity contribution in [1.29, 1.82) is 0 Å². The van der Waals surface area contributed by atoms with Gasteiger partial charge < -0.3 is 5.11 Å². The SMILES string of the molecule is CCC(O)c1ncn(C(c2ccccc2)(c2ccccc2)c2ccccc2)n1.O=[P+](O)O. The molecule has 1 heterocycles. The molecule has 3 aromatic carbocycles. The van der Waals surface area contributed by atoms with Crippen LogP contribution in [0.3, 0.4) is 0 Å². The number of benzene rings is 3. The van der Waals surface area contributed by atoms with Crippen LogP contribution in [0.15, 0.2) is 97.3 Å². The lowest BCUT2D eigenvalue weighted by Crippen LogP contribution is -2.38. The first-order valence-electron chi connectivity index (χ1n) is 10.1. The topological polar surface area (TPSA) is 108 Å². The third-order valence-corrected chi connectivity index (χ3v) is 5.11. The van der Waals surface area contributed by atoms with E-state index in [2.05, 4.69) is 41.4 Å². The highest BCUT2D eigenvalue weighted by Gasteiger charge is 2.39. The average molecular weight is 450 g/mol. The van der Waals surface area contributed by atoms with Crippen LogP contribution in [0.1, 0.15) is 42.0 Å². The number of aliphatic hydroxyl groups is 1.